The summed E-state index contributed by atoms with van der Waals surface area (Å²) in [6.45, 7) is 3.93. The second-order valence-electron chi connectivity index (χ2n) is 6.76. The molecule has 2 aromatic heterocycles. The lowest BCUT2D eigenvalue weighted by Crippen LogP contribution is -2.45. The maximum atomic E-state index is 12.7. The first kappa shape index (κ1) is 14.9. The van der Waals surface area contributed by atoms with E-state index in [9.17, 15) is 4.79 Å². The Hall–Kier alpha value is -1.69. The Bertz CT molecular complexity index is 724. The Morgan fingerprint density at radius 3 is 3.13 bits per heavy atom. The Kier molecular flexibility index (Phi) is 3.71. The van der Waals surface area contributed by atoms with E-state index in [0.717, 1.165) is 48.4 Å². The van der Waals surface area contributed by atoms with Crippen LogP contribution in [0.15, 0.2) is 17.8 Å². The summed E-state index contributed by atoms with van der Waals surface area (Å²) in [6, 6.07) is 1.96. The van der Waals surface area contributed by atoms with Crippen molar-refractivity contribution in [2.45, 2.75) is 45.1 Å². The van der Waals surface area contributed by atoms with Gasteiger partial charge in [-0.25, -0.2) is 9.97 Å². The van der Waals surface area contributed by atoms with Crippen LogP contribution in [-0.4, -0.2) is 35.0 Å². The predicted molar refractivity (Wildman–Crippen MR) is 92.8 cm³/mol. The van der Waals surface area contributed by atoms with Gasteiger partial charge in [-0.1, -0.05) is 6.92 Å². The molecule has 0 spiro atoms. The van der Waals surface area contributed by atoms with Crippen molar-refractivity contribution < 1.29 is 4.79 Å². The molecule has 0 bridgehead atoms. The number of aromatic nitrogens is 2. The highest BCUT2D eigenvalue weighted by molar-refractivity contribution is 7.16. The number of amides is 1. The summed E-state index contributed by atoms with van der Waals surface area (Å²) in [5.74, 6) is 1.06. The molecule has 2 fully saturated rings. The molecule has 0 unspecified atom stereocenters. The van der Waals surface area contributed by atoms with Crippen molar-refractivity contribution in [2.24, 2.45) is 5.41 Å². The van der Waals surface area contributed by atoms with E-state index in [1.165, 1.54) is 12.8 Å². The molecule has 1 atom stereocenters. The van der Waals surface area contributed by atoms with Crippen LogP contribution in [-0.2, 0) is 4.79 Å². The number of hydrogen-bond donors (Lipinski definition) is 1. The molecule has 1 amide bonds. The molecule has 1 aliphatic carbocycles. The van der Waals surface area contributed by atoms with Gasteiger partial charge in [0, 0.05) is 13.1 Å². The van der Waals surface area contributed by atoms with Crippen LogP contribution < -0.4 is 10.2 Å². The zero-order valence-electron chi connectivity index (χ0n) is 13.4. The molecule has 4 rings (SSSR count). The van der Waals surface area contributed by atoms with Crippen molar-refractivity contribution in [1.82, 2.24) is 15.3 Å². The highest BCUT2D eigenvalue weighted by atomic mass is 32.1. The largest absolute Gasteiger partial charge is 0.354 e. The number of hydrogen-bond acceptors (Lipinski definition) is 5. The third kappa shape index (κ3) is 2.69. The van der Waals surface area contributed by atoms with Crippen molar-refractivity contribution in [2.75, 3.05) is 18.0 Å². The molecule has 122 valence electrons. The van der Waals surface area contributed by atoms with E-state index in [1.54, 1.807) is 17.7 Å². The van der Waals surface area contributed by atoms with Crippen LogP contribution in [0.25, 0.3) is 10.2 Å². The molecule has 0 radical (unpaired) electrons. The second kappa shape index (κ2) is 5.74. The van der Waals surface area contributed by atoms with Gasteiger partial charge in [-0.15, -0.1) is 11.3 Å². The van der Waals surface area contributed by atoms with Crippen molar-refractivity contribution in [3.63, 3.8) is 0 Å². The van der Waals surface area contributed by atoms with Gasteiger partial charge in [0.1, 0.15) is 23.0 Å². The van der Waals surface area contributed by atoms with Crippen LogP contribution in [0.5, 0.6) is 0 Å². The fourth-order valence-corrected chi connectivity index (χ4v) is 4.25. The normalized spacial score (nSPS) is 22.5. The van der Waals surface area contributed by atoms with Crippen molar-refractivity contribution >= 4 is 33.3 Å². The lowest BCUT2D eigenvalue weighted by molar-refractivity contribution is -0.122. The van der Waals surface area contributed by atoms with Gasteiger partial charge < -0.3 is 10.2 Å². The summed E-state index contributed by atoms with van der Waals surface area (Å²) in [4.78, 5) is 24.6. The smallest absolute Gasteiger partial charge is 0.242 e. The van der Waals surface area contributed by atoms with Crippen LogP contribution in [0.4, 0.5) is 5.82 Å². The third-order valence-corrected chi connectivity index (χ3v) is 6.23. The van der Waals surface area contributed by atoms with Crippen LogP contribution in [0.2, 0.25) is 0 Å². The topological polar surface area (TPSA) is 58.1 Å². The van der Waals surface area contributed by atoms with E-state index in [1.807, 2.05) is 5.38 Å². The molecule has 1 saturated carbocycles. The molecule has 23 heavy (non-hydrogen) atoms. The van der Waals surface area contributed by atoms with Gasteiger partial charge in [0.15, 0.2) is 0 Å². The summed E-state index contributed by atoms with van der Waals surface area (Å²) in [5.41, 5.74) is 0.384. The third-order valence-electron chi connectivity index (χ3n) is 5.41. The zero-order valence-corrected chi connectivity index (χ0v) is 14.2. The fourth-order valence-electron chi connectivity index (χ4n) is 3.52. The minimum atomic E-state index is -0.0966. The van der Waals surface area contributed by atoms with E-state index in [0.29, 0.717) is 5.41 Å². The number of anilines is 1. The van der Waals surface area contributed by atoms with Crippen LogP contribution in [0.3, 0.4) is 0 Å². The summed E-state index contributed by atoms with van der Waals surface area (Å²) in [6.07, 6.45) is 7.20. The first-order valence-electron chi connectivity index (χ1n) is 8.45. The maximum absolute atomic E-state index is 12.7. The molecule has 1 aliphatic heterocycles. The molecular weight excluding hydrogens is 308 g/mol. The van der Waals surface area contributed by atoms with Gasteiger partial charge in [0.05, 0.1) is 5.39 Å². The number of nitrogens with zero attached hydrogens (tertiary/aromatic N) is 3. The minimum Gasteiger partial charge on any atom is -0.354 e. The van der Waals surface area contributed by atoms with E-state index in [2.05, 4.69) is 33.2 Å². The van der Waals surface area contributed by atoms with Crippen molar-refractivity contribution in [3.8, 4) is 0 Å². The molecule has 3 heterocycles. The van der Waals surface area contributed by atoms with Gasteiger partial charge in [0.2, 0.25) is 5.91 Å². The minimum absolute atomic E-state index is 0.0966. The summed E-state index contributed by atoms with van der Waals surface area (Å²) in [5, 5.41) is 6.29. The number of rotatable bonds is 5. The second-order valence-corrected chi connectivity index (χ2v) is 7.65. The summed E-state index contributed by atoms with van der Waals surface area (Å²) < 4.78 is 0. The zero-order chi connectivity index (χ0) is 15.9. The van der Waals surface area contributed by atoms with Gasteiger partial charge in [-0.05, 0) is 49.0 Å². The summed E-state index contributed by atoms with van der Waals surface area (Å²) >= 11 is 1.62. The molecule has 0 aromatic carbocycles. The molecule has 1 saturated heterocycles. The average molecular weight is 330 g/mol. The number of carbonyl (C=O) groups excluding carboxylic acids is 1. The van der Waals surface area contributed by atoms with Crippen LogP contribution in [0, 0.1) is 5.41 Å². The van der Waals surface area contributed by atoms with Crippen LogP contribution in [0.1, 0.15) is 39.0 Å². The Morgan fingerprint density at radius 1 is 1.48 bits per heavy atom. The van der Waals surface area contributed by atoms with Crippen LogP contribution >= 0.6 is 11.3 Å². The van der Waals surface area contributed by atoms with Crippen molar-refractivity contribution in [3.05, 3.63) is 17.8 Å². The van der Waals surface area contributed by atoms with Crippen molar-refractivity contribution in [1.29, 1.82) is 0 Å². The predicted octanol–water partition coefficient (Wildman–Crippen LogP) is 2.97. The van der Waals surface area contributed by atoms with Gasteiger partial charge in [-0.2, -0.15) is 0 Å². The molecule has 2 aromatic rings. The number of fused-ring (bicyclic) bond motifs is 1. The van der Waals surface area contributed by atoms with E-state index < -0.39 is 0 Å². The highest BCUT2D eigenvalue weighted by Gasteiger charge is 2.41. The van der Waals surface area contributed by atoms with E-state index in [-0.39, 0.29) is 11.9 Å². The van der Waals surface area contributed by atoms with E-state index >= 15 is 0 Å². The first-order valence-corrected chi connectivity index (χ1v) is 9.33. The number of carbonyl (C=O) groups is 1. The Labute approximate surface area is 140 Å². The molecule has 2 aliphatic rings. The molecule has 5 nitrogen and oxygen atoms in total. The number of nitrogens with one attached hydrogen (secondary N) is 1. The van der Waals surface area contributed by atoms with E-state index in [4.69, 9.17) is 0 Å². The molecular formula is C17H22N4OS. The Morgan fingerprint density at radius 2 is 2.35 bits per heavy atom. The Balaban J connectivity index is 1.52. The SMILES string of the molecule is CCC1(CNC(=O)[C@@H]2CCCN2c2ncnc3sccc23)CC1. The lowest BCUT2D eigenvalue weighted by atomic mass is 10.0. The summed E-state index contributed by atoms with van der Waals surface area (Å²) in [7, 11) is 0. The molecule has 6 heteroatoms. The maximum Gasteiger partial charge on any atom is 0.242 e. The van der Waals surface area contributed by atoms with Gasteiger partial charge in [-0.3, -0.25) is 4.79 Å². The van der Waals surface area contributed by atoms with Gasteiger partial charge >= 0.3 is 0 Å². The van der Waals surface area contributed by atoms with Gasteiger partial charge in [0.25, 0.3) is 0 Å². The average Bonchev–Trinajstić information content (AvgIpc) is 3.00. The standard InChI is InChI=1S/C17H22N4OS/c1-2-17(6-7-17)10-18-15(22)13-4-3-8-21(13)14-12-5-9-23-16(12)20-11-19-14/h5,9,11,13H,2-4,6-8,10H2,1H3,(H,18,22)/t13-/m0/s1. The quantitative estimate of drug-likeness (QED) is 0.916. The fraction of sp³-hybridized carbons (Fsp3) is 0.588. The number of thiophene rings is 1. The lowest BCUT2D eigenvalue weighted by Gasteiger charge is -2.26. The highest BCUT2D eigenvalue weighted by Crippen LogP contribution is 2.47. The molecule has 1 N–H and O–H groups in total. The first-order chi connectivity index (χ1) is 11.2. The monoisotopic (exact) mass is 330 g/mol.